The van der Waals surface area contributed by atoms with Gasteiger partial charge in [0.05, 0.1) is 5.69 Å². The molecule has 0 unspecified atom stereocenters. The molecule has 0 bridgehead atoms. The zero-order chi connectivity index (χ0) is 21.5. The van der Waals surface area contributed by atoms with E-state index in [2.05, 4.69) is 15.2 Å². The molecule has 0 saturated carbocycles. The maximum absolute atomic E-state index is 13.0. The number of carbonyl (C=O) groups is 1. The number of carbonyl (C=O) groups excluding carboxylic acids is 1. The van der Waals surface area contributed by atoms with Crippen molar-refractivity contribution in [2.24, 2.45) is 0 Å². The van der Waals surface area contributed by atoms with Gasteiger partial charge in [0, 0.05) is 45.5 Å². The standard InChI is InChI=1S/C24H25FN4O2/c25-20-6-10-23(11-7-20)31-22-8-4-19(5-9-22)17-27-24(30)29-15-13-28(14-16-29)18-21-3-1-2-12-26-21/h1-12H,13-18H2,(H,27,30). The number of hydrogen-bond acceptors (Lipinski definition) is 4. The smallest absolute Gasteiger partial charge is 0.317 e. The first-order valence-electron chi connectivity index (χ1n) is 10.3. The first kappa shape index (κ1) is 20.8. The van der Waals surface area contributed by atoms with Gasteiger partial charge in [0.15, 0.2) is 0 Å². The zero-order valence-electron chi connectivity index (χ0n) is 17.2. The molecule has 7 heteroatoms. The lowest BCUT2D eigenvalue weighted by Gasteiger charge is -2.34. The summed E-state index contributed by atoms with van der Waals surface area (Å²) in [5.74, 6) is 0.934. The van der Waals surface area contributed by atoms with Gasteiger partial charge in [-0.2, -0.15) is 0 Å². The summed E-state index contributed by atoms with van der Waals surface area (Å²) in [7, 11) is 0. The normalized spacial score (nSPS) is 14.3. The van der Waals surface area contributed by atoms with Crippen LogP contribution < -0.4 is 10.1 Å². The van der Waals surface area contributed by atoms with Crippen molar-refractivity contribution >= 4 is 6.03 Å². The number of hydrogen-bond donors (Lipinski definition) is 1. The van der Waals surface area contributed by atoms with E-state index in [1.807, 2.05) is 47.4 Å². The predicted octanol–water partition coefficient (Wildman–Crippen LogP) is 4.04. The zero-order valence-corrected chi connectivity index (χ0v) is 17.2. The third-order valence-electron chi connectivity index (χ3n) is 5.19. The highest BCUT2D eigenvalue weighted by atomic mass is 19.1. The lowest BCUT2D eigenvalue weighted by atomic mass is 10.2. The van der Waals surface area contributed by atoms with Gasteiger partial charge < -0.3 is 15.0 Å². The third-order valence-corrected chi connectivity index (χ3v) is 5.19. The first-order valence-corrected chi connectivity index (χ1v) is 10.3. The van der Waals surface area contributed by atoms with Crippen LogP contribution in [0.4, 0.5) is 9.18 Å². The summed E-state index contributed by atoms with van der Waals surface area (Å²) >= 11 is 0. The number of amides is 2. The van der Waals surface area contributed by atoms with Gasteiger partial charge in [0.1, 0.15) is 17.3 Å². The van der Waals surface area contributed by atoms with Crippen LogP contribution >= 0.6 is 0 Å². The van der Waals surface area contributed by atoms with E-state index in [0.29, 0.717) is 31.1 Å². The molecule has 1 fully saturated rings. The molecule has 0 aliphatic carbocycles. The van der Waals surface area contributed by atoms with Gasteiger partial charge in [-0.25, -0.2) is 9.18 Å². The predicted molar refractivity (Wildman–Crippen MR) is 116 cm³/mol. The fraction of sp³-hybridized carbons (Fsp3) is 0.250. The second-order valence-electron chi connectivity index (χ2n) is 7.44. The average molecular weight is 420 g/mol. The van der Waals surface area contributed by atoms with Crippen LogP contribution in [0.2, 0.25) is 0 Å². The number of urea groups is 1. The second kappa shape index (κ2) is 10.0. The van der Waals surface area contributed by atoms with Crippen LogP contribution in [0.25, 0.3) is 0 Å². The maximum atomic E-state index is 13.0. The summed E-state index contributed by atoms with van der Waals surface area (Å²) in [5.41, 5.74) is 2.03. The minimum Gasteiger partial charge on any atom is -0.457 e. The fourth-order valence-electron chi connectivity index (χ4n) is 3.43. The number of rotatable bonds is 6. The summed E-state index contributed by atoms with van der Waals surface area (Å²) in [6, 6.07) is 19.2. The average Bonchev–Trinajstić information content (AvgIpc) is 2.81. The molecule has 1 N–H and O–H groups in total. The molecule has 0 spiro atoms. The number of ether oxygens (including phenoxy) is 1. The fourth-order valence-corrected chi connectivity index (χ4v) is 3.43. The van der Waals surface area contributed by atoms with Crippen LogP contribution in [0, 0.1) is 5.82 Å². The van der Waals surface area contributed by atoms with Gasteiger partial charge in [-0.05, 0) is 54.1 Å². The molecule has 1 aliphatic heterocycles. The van der Waals surface area contributed by atoms with Crippen LogP contribution in [-0.2, 0) is 13.1 Å². The highest BCUT2D eigenvalue weighted by molar-refractivity contribution is 5.74. The third kappa shape index (κ3) is 6.02. The van der Waals surface area contributed by atoms with Gasteiger partial charge in [-0.15, -0.1) is 0 Å². The molecule has 0 radical (unpaired) electrons. The molecule has 160 valence electrons. The largest absolute Gasteiger partial charge is 0.457 e. The first-order chi connectivity index (χ1) is 15.2. The molecule has 1 aromatic heterocycles. The minimum atomic E-state index is -0.298. The summed E-state index contributed by atoms with van der Waals surface area (Å²) in [5, 5.41) is 2.98. The highest BCUT2D eigenvalue weighted by Crippen LogP contribution is 2.21. The molecule has 6 nitrogen and oxygen atoms in total. The lowest BCUT2D eigenvalue weighted by Crippen LogP contribution is -2.51. The van der Waals surface area contributed by atoms with Gasteiger partial charge >= 0.3 is 6.03 Å². The van der Waals surface area contributed by atoms with Crippen molar-refractivity contribution in [2.75, 3.05) is 26.2 Å². The Morgan fingerprint density at radius 2 is 1.61 bits per heavy atom. The molecule has 2 amide bonds. The van der Waals surface area contributed by atoms with E-state index in [1.54, 1.807) is 18.3 Å². The maximum Gasteiger partial charge on any atom is 0.317 e. The minimum absolute atomic E-state index is 0.0517. The quantitative estimate of drug-likeness (QED) is 0.654. The van der Waals surface area contributed by atoms with Crippen LogP contribution in [0.3, 0.4) is 0 Å². The monoisotopic (exact) mass is 420 g/mol. The Kier molecular flexibility index (Phi) is 6.74. The van der Waals surface area contributed by atoms with E-state index in [0.717, 1.165) is 30.9 Å². The van der Waals surface area contributed by atoms with E-state index in [4.69, 9.17) is 4.74 Å². The number of pyridine rings is 1. The van der Waals surface area contributed by atoms with Crippen molar-refractivity contribution in [1.29, 1.82) is 0 Å². The molecule has 0 atom stereocenters. The molecule has 2 aromatic carbocycles. The summed E-state index contributed by atoms with van der Waals surface area (Å²) in [6.07, 6.45) is 1.81. The van der Waals surface area contributed by atoms with Gasteiger partial charge in [0.2, 0.25) is 0 Å². The number of halogens is 1. The van der Waals surface area contributed by atoms with Gasteiger partial charge in [-0.3, -0.25) is 9.88 Å². The van der Waals surface area contributed by atoms with Gasteiger partial charge in [0.25, 0.3) is 0 Å². The summed E-state index contributed by atoms with van der Waals surface area (Å²) in [4.78, 5) is 21.0. The highest BCUT2D eigenvalue weighted by Gasteiger charge is 2.21. The van der Waals surface area contributed by atoms with Crippen molar-refractivity contribution in [1.82, 2.24) is 20.1 Å². The molecule has 3 aromatic rings. The van der Waals surface area contributed by atoms with Crippen LogP contribution in [0.15, 0.2) is 72.9 Å². The SMILES string of the molecule is O=C(NCc1ccc(Oc2ccc(F)cc2)cc1)N1CCN(Cc2ccccn2)CC1. The molecule has 1 aliphatic rings. The van der Waals surface area contributed by atoms with Crippen molar-refractivity contribution in [3.8, 4) is 11.5 Å². The number of nitrogens with one attached hydrogen (secondary N) is 1. The topological polar surface area (TPSA) is 57.7 Å². The van der Waals surface area contributed by atoms with Crippen LogP contribution in [0.1, 0.15) is 11.3 Å². The number of aromatic nitrogens is 1. The number of piperazine rings is 1. The van der Waals surface area contributed by atoms with Crippen molar-refractivity contribution in [3.05, 3.63) is 90.0 Å². The summed E-state index contributed by atoms with van der Waals surface area (Å²) < 4.78 is 18.7. The number of benzene rings is 2. The van der Waals surface area contributed by atoms with E-state index >= 15 is 0 Å². The Bertz CT molecular complexity index is 973. The van der Waals surface area contributed by atoms with E-state index < -0.39 is 0 Å². The van der Waals surface area contributed by atoms with Crippen molar-refractivity contribution < 1.29 is 13.9 Å². The molecule has 31 heavy (non-hydrogen) atoms. The van der Waals surface area contributed by atoms with Crippen LogP contribution in [0.5, 0.6) is 11.5 Å². The Labute approximate surface area is 181 Å². The van der Waals surface area contributed by atoms with Crippen molar-refractivity contribution in [3.63, 3.8) is 0 Å². The van der Waals surface area contributed by atoms with E-state index in [9.17, 15) is 9.18 Å². The Morgan fingerprint density at radius 3 is 2.26 bits per heavy atom. The molecular formula is C24H25FN4O2. The molecule has 4 rings (SSSR count). The van der Waals surface area contributed by atoms with Gasteiger partial charge in [-0.1, -0.05) is 18.2 Å². The lowest BCUT2D eigenvalue weighted by molar-refractivity contribution is 0.134. The van der Waals surface area contributed by atoms with Crippen molar-refractivity contribution in [2.45, 2.75) is 13.1 Å². The molecule has 1 saturated heterocycles. The Morgan fingerprint density at radius 1 is 0.935 bits per heavy atom. The molecular weight excluding hydrogens is 395 g/mol. The van der Waals surface area contributed by atoms with E-state index in [1.165, 1.54) is 12.1 Å². The summed E-state index contributed by atoms with van der Waals surface area (Å²) in [6.45, 7) is 4.32. The molecule has 2 heterocycles. The number of nitrogens with zero attached hydrogens (tertiary/aromatic N) is 3. The Balaban J connectivity index is 1.20. The van der Waals surface area contributed by atoms with Crippen LogP contribution in [-0.4, -0.2) is 47.0 Å². The second-order valence-corrected chi connectivity index (χ2v) is 7.44. The Hall–Kier alpha value is -3.45. The van der Waals surface area contributed by atoms with E-state index in [-0.39, 0.29) is 11.8 Å².